The molecule has 0 fully saturated rings. The highest BCUT2D eigenvalue weighted by molar-refractivity contribution is 7.31. The summed E-state index contributed by atoms with van der Waals surface area (Å²) in [5.74, 6) is 0. The third-order valence-corrected chi connectivity index (χ3v) is 5.00. The SMILES string of the molecule is CC(C)(C)c1ccc(-c2ccc(-c3ccccc3)cc2)c(C(C)(C)C)c1.O=[P+](O)O.O=[P+](O)O. The molecule has 0 saturated heterocycles. The first-order chi connectivity index (χ1) is 15.6. The highest BCUT2D eigenvalue weighted by atomic mass is 31.1. The van der Waals surface area contributed by atoms with Crippen molar-refractivity contribution in [3.05, 3.63) is 83.9 Å². The molecule has 8 heteroatoms. The van der Waals surface area contributed by atoms with Crippen molar-refractivity contribution in [2.24, 2.45) is 0 Å². The van der Waals surface area contributed by atoms with Crippen molar-refractivity contribution < 1.29 is 28.7 Å². The minimum atomic E-state index is -2.87. The Morgan fingerprint density at radius 2 is 0.971 bits per heavy atom. The molecule has 4 N–H and O–H groups in total. The summed E-state index contributed by atoms with van der Waals surface area (Å²) in [6, 6.07) is 26.5. The summed E-state index contributed by atoms with van der Waals surface area (Å²) in [6.07, 6.45) is 0. The molecular formula is C26H34O6P2+2. The van der Waals surface area contributed by atoms with Gasteiger partial charge in [0, 0.05) is 9.13 Å². The van der Waals surface area contributed by atoms with E-state index in [9.17, 15) is 0 Å². The minimum Gasteiger partial charge on any atom is -0.134 e. The normalized spacial score (nSPS) is 10.9. The number of benzene rings is 3. The molecule has 0 saturated carbocycles. The fraction of sp³-hybridized carbons (Fsp3) is 0.308. The van der Waals surface area contributed by atoms with Gasteiger partial charge in [-0.3, -0.25) is 0 Å². The van der Waals surface area contributed by atoms with Crippen LogP contribution in [0.1, 0.15) is 52.7 Å². The summed E-state index contributed by atoms with van der Waals surface area (Å²) in [7, 11) is -5.74. The van der Waals surface area contributed by atoms with Crippen LogP contribution in [0, 0.1) is 0 Å². The van der Waals surface area contributed by atoms with E-state index in [4.69, 9.17) is 28.7 Å². The second kappa shape index (κ2) is 13.0. The molecule has 0 bridgehead atoms. The highest BCUT2D eigenvalue weighted by Gasteiger charge is 2.22. The predicted molar refractivity (Wildman–Crippen MR) is 139 cm³/mol. The zero-order valence-electron chi connectivity index (χ0n) is 20.4. The van der Waals surface area contributed by atoms with E-state index < -0.39 is 16.5 Å². The molecule has 0 radical (unpaired) electrons. The molecule has 0 spiro atoms. The van der Waals surface area contributed by atoms with E-state index in [2.05, 4.69) is 114 Å². The molecule has 0 aromatic heterocycles. The zero-order chi connectivity index (χ0) is 26.1. The van der Waals surface area contributed by atoms with E-state index in [1.165, 1.54) is 33.4 Å². The predicted octanol–water partition coefficient (Wildman–Crippen LogP) is 6.87. The monoisotopic (exact) mass is 504 g/mol. The largest absolute Gasteiger partial charge is 0.692 e. The Morgan fingerprint density at radius 3 is 1.38 bits per heavy atom. The number of hydrogen-bond donors (Lipinski definition) is 4. The van der Waals surface area contributed by atoms with Gasteiger partial charge in [-0.15, -0.1) is 19.6 Å². The highest BCUT2D eigenvalue weighted by Crippen LogP contribution is 2.37. The van der Waals surface area contributed by atoms with Crippen molar-refractivity contribution >= 4 is 16.5 Å². The first-order valence-corrected chi connectivity index (χ1v) is 13.0. The lowest BCUT2D eigenvalue weighted by Crippen LogP contribution is -2.17. The Hall–Kier alpha value is -2.30. The van der Waals surface area contributed by atoms with Crippen LogP contribution in [0.15, 0.2) is 72.8 Å². The Kier molecular flexibility index (Phi) is 11.3. The van der Waals surface area contributed by atoms with E-state index in [1.807, 2.05) is 0 Å². The smallest absolute Gasteiger partial charge is 0.134 e. The maximum absolute atomic E-state index is 8.70. The van der Waals surface area contributed by atoms with Gasteiger partial charge in [0.05, 0.1) is 0 Å². The van der Waals surface area contributed by atoms with Crippen LogP contribution in [-0.4, -0.2) is 19.6 Å². The van der Waals surface area contributed by atoms with Gasteiger partial charge in [0.1, 0.15) is 0 Å². The molecule has 0 aliphatic carbocycles. The van der Waals surface area contributed by atoms with Crippen LogP contribution in [0.4, 0.5) is 0 Å². The van der Waals surface area contributed by atoms with Gasteiger partial charge in [0.15, 0.2) is 0 Å². The van der Waals surface area contributed by atoms with Crippen LogP contribution in [0.25, 0.3) is 22.3 Å². The summed E-state index contributed by atoms with van der Waals surface area (Å²) in [5.41, 5.74) is 8.23. The second-order valence-electron chi connectivity index (χ2n) is 9.71. The molecule has 0 amide bonds. The fourth-order valence-electron chi connectivity index (χ4n) is 3.36. The second-order valence-corrected chi connectivity index (χ2v) is 10.7. The molecule has 3 rings (SSSR count). The Bertz CT molecular complexity index is 1060. The third-order valence-electron chi connectivity index (χ3n) is 5.00. The molecule has 0 heterocycles. The van der Waals surface area contributed by atoms with Gasteiger partial charge < -0.3 is 0 Å². The van der Waals surface area contributed by atoms with E-state index in [0.717, 1.165) is 0 Å². The summed E-state index contributed by atoms with van der Waals surface area (Å²) in [6.45, 7) is 13.7. The molecule has 182 valence electrons. The standard InChI is InChI=1S/C26H30.2HO3P/c1-25(2,3)22-16-17-23(24(18-22)26(4,5)6)21-14-12-20(13-15-21)19-10-8-7-9-11-19;2*1-4(2)3/h7-18H,1-6H3;2*(H-,1,2,3)/p+2. The fourth-order valence-corrected chi connectivity index (χ4v) is 3.36. The number of hydrogen-bond acceptors (Lipinski definition) is 2. The lowest BCUT2D eigenvalue weighted by atomic mass is 9.77. The quantitative estimate of drug-likeness (QED) is 0.283. The summed E-state index contributed by atoms with van der Waals surface area (Å²) < 4.78 is 17.4. The molecular weight excluding hydrogens is 470 g/mol. The Balaban J connectivity index is 0.000000629. The maximum Gasteiger partial charge on any atom is 0.692 e. The average molecular weight is 505 g/mol. The van der Waals surface area contributed by atoms with Crippen molar-refractivity contribution in [1.29, 1.82) is 0 Å². The van der Waals surface area contributed by atoms with E-state index in [0.29, 0.717) is 0 Å². The maximum atomic E-state index is 8.70. The van der Waals surface area contributed by atoms with Gasteiger partial charge in [-0.2, -0.15) is 0 Å². The molecule has 0 aliphatic rings. The van der Waals surface area contributed by atoms with E-state index >= 15 is 0 Å². The van der Waals surface area contributed by atoms with Crippen molar-refractivity contribution in [2.75, 3.05) is 0 Å². The number of rotatable bonds is 2. The molecule has 6 nitrogen and oxygen atoms in total. The Morgan fingerprint density at radius 1 is 0.559 bits per heavy atom. The van der Waals surface area contributed by atoms with Gasteiger partial charge in [0.2, 0.25) is 0 Å². The molecule has 0 atom stereocenters. The van der Waals surface area contributed by atoms with Crippen molar-refractivity contribution in [3.8, 4) is 22.3 Å². The van der Waals surface area contributed by atoms with Gasteiger partial charge in [-0.1, -0.05) is 114 Å². The first kappa shape index (κ1) is 29.7. The molecule has 0 unspecified atom stereocenters. The van der Waals surface area contributed by atoms with Crippen molar-refractivity contribution in [1.82, 2.24) is 0 Å². The molecule has 3 aromatic rings. The van der Waals surface area contributed by atoms with Crippen LogP contribution in [0.2, 0.25) is 0 Å². The van der Waals surface area contributed by atoms with Crippen LogP contribution < -0.4 is 0 Å². The van der Waals surface area contributed by atoms with Gasteiger partial charge in [0.25, 0.3) is 0 Å². The van der Waals surface area contributed by atoms with Gasteiger partial charge in [-0.25, -0.2) is 0 Å². The summed E-state index contributed by atoms with van der Waals surface area (Å²) >= 11 is 0. The van der Waals surface area contributed by atoms with E-state index in [1.54, 1.807) is 0 Å². The van der Waals surface area contributed by atoms with Crippen LogP contribution >= 0.6 is 16.5 Å². The summed E-state index contributed by atoms with van der Waals surface area (Å²) in [4.78, 5) is 28.5. The third kappa shape index (κ3) is 10.3. The van der Waals surface area contributed by atoms with Gasteiger partial charge in [-0.05, 0) is 44.2 Å². The van der Waals surface area contributed by atoms with Crippen LogP contribution in [0.3, 0.4) is 0 Å². The first-order valence-electron chi connectivity index (χ1n) is 10.6. The minimum absolute atomic E-state index is 0.106. The lowest BCUT2D eigenvalue weighted by molar-refractivity contribution is 0.403. The molecule has 34 heavy (non-hydrogen) atoms. The van der Waals surface area contributed by atoms with Crippen molar-refractivity contribution in [2.45, 2.75) is 52.4 Å². The van der Waals surface area contributed by atoms with Crippen LogP contribution in [-0.2, 0) is 20.0 Å². The Labute approximate surface area is 203 Å². The summed E-state index contributed by atoms with van der Waals surface area (Å²) in [5, 5.41) is 0. The topological polar surface area (TPSA) is 115 Å². The lowest BCUT2D eigenvalue weighted by Gasteiger charge is -2.27. The van der Waals surface area contributed by atoms with Crippen LogP contribution in [0.5, 0.6) is 0 Å². The molecule has 3 aromatic carbocycles. The zero-order valence-corrected chi connectivity index (χ0v) is 22.2. The average Bonchev–Trinajstić information content (AvgIpc) is 2.72. The van der Waals surface area contributed by atoms with E-state index in [-0.39, 0.29) is 10.8 Å². The van der Waals surface area contributed by atoms with Crippen molar-refractivity contribution in [3.63, 3.8) is 0 Å². The molecule has 0 aliphatic heterocycles. The van der Waals surface area contributed by atoms with Gasteiger partial charge >= 0.3 is 16.5 Å².